The van der Waals surface area contributed by atoms with Gasteiger partial charge >= 0.3 is 0 Å². The third kappa shape index (κ3) is 5.85. The zero-order valence-electron chi connectivity index (χ0n) is 23.9. The van der Waals surface area contributed by atoms with Gasteiger partial charge in [0.1, 0.15) is 16.4 Å². The summed E-state index contributed by atoms with van der Waals surface area (Å²) in [4.78, 5) is 32.5. The van der Waals surface area contributed by atoms with E-state index in [9.17, 15) is 19.8 Å². The molecule has 1 aliphatic rings. The van der Waals surface area contributed by atoms with Gasteiger partial charge in [-0.25, -0.2) is 9.67 Å². The zero-order valence-corrected chi connectivity index (χ0v) is 24.6. The first-order chi connectivity index (χ1) is 21.7. The van der Waals surface area contributed by atoms with Crippen molar-refractivity contribution in [1.82, 2.24) is 25.2 Å². The van der Waals surface area contributed by atoms with Gasteiger partial charge in [-0.15, -0.1) is 5.10 Å². The fourth-order valence-corrected chi connectivity index (χ4v) is 5.43. The van der Waals surface area contributed by atoms with Crippen LogP contribution in [-0.2, 0) is 16.0 Å². The number of aliphatic hydroxyl groups is 1. The number of nitrogen functional groups attached to an aromatic ring is 1. The average Bonchev–Trinajstić information content (AvgIpc) is 3.62. The van der Waals surface area contributed by atoms with E-state index in [4.69, 9.17) is 31.3 Å². The minimum atomic E-state index is -1.98. The van der Waals surface area contributed by atoms with Crippen molar-refractivity contribution in [3.8, 4) is 17.3 Å². The molecule has 2 amide bonds. The number of hydrogen-bond acceptors (Lipinski definition) is 11. The number of hydrogen-bond donors (Lipinski definition) is 4. The number of nitrogens with zero attached hydrogens (tertiary/aromatic N) is 5. The van der Waals surface area contributed by atoms with Crippen LogP contribution in [0.4, 0.5) is 11.6 Å². The molecule has 1 fully saturated rings. The number of aromatic nitrogens is 4. The number of carbonyl (C=O) groups is 2. The van der Waals surface area contributed by atoms with Gasteiger partial charge in [0.05, 0.1) is 49.6 Å². The van der Waals surface area contributed by atoms with Crippen molar-refractivity contribution in [1.29, 1.82) is 0 Å². The predicted octanol–water partition coefficient (Wildman–Crippen LogP) is 2.49. The third-order valence-electron chi connectivity index (χ3n) is 7.46. The molecule has 1 unspecified atom stereocenters. The van der Waals surface area contributed by atoms with Gasteiger partial charge in [0.25, 0.3) is 11.8 Å². The van der Waals surface area contributed by atoms with Crippen molar-refractivity contribution in [3.63, 3.8) is 0 Å². The van der Waals surface area contributed by atoms with Gasteiger partial charge in [-0.05, 0) is 35.9 Å². The van der Waals surface area contributed by atoms with E-state index in [1.54, 1.807) is 54.9 Å². The molecular weight excluding hydrogens is 606 g/mol. The Labute approximate surface area is 260 Å². The maximum absolute atomic E-state index is 14.1. The van der Waals surface area contributed by atoms with E-state index in [2.05, 4.69) is 20.6 Å². The summed E-state index contributed by atoms with van der Waals surface area (Å²) in [5.41, 5.74) is 5.41. The minimum absolute atomic E-state index is 0.000911. The number of amides is 2. The Hall–Kier alpha value is -5.18. The number of para-hydroxylation sites is 1. The Morgan fingerprint density at radius 3 is 2.87 bits per heavy atom. The van der Waals surface area contributed by atoms with Gasteiger partial charge in [-0.1, -0.05) is 35.0 Å². The Morgan fingerprint density at radius 1 is 1.24 bits per heavy atom. The summed E-state index contributed by atoms with van der Waals surface area (Å²) in [6.07, 6.45) is 1.50. The lowest BCUT2D eigenvalue weighted by molar-refractivity contribution is -0.157. The third-order valence-corrected chi connectivity index (χ3v) is 7.72. The molecule has 0 aliphatic carbocycles. The highest BCUT2D eigenvalue weighted by molar-refractivity contribution is 6.33. The zero-order chi connectivity index (χ0) is 31.7. The topological polar surface area (TPSA) is 191 Å². The van der Waals surface area contributed by atoms with Gasteiger partial charge in [-0.3, -0.25) is 14.5 Å². The molecule has 14 nitrogen and oxygen atoms in total. The van der Waals surface area contributed by atoms with E-state index in [0.29, 0.717) is 28.1 Å². The molecule has 0 spiro atoms. The number of nitrogens with one attached hydrogen (secondary N) is 1. The molecule has 0 saturated carbocycles. The predicted molar refractivity (Wildman–Crippen MR) is 163 cm³/mol. The number of carbonyl (C=O) groups excluding carboxylic acids is 2. The van der Waals surface area contributed by atoms with Crippen LogP contribution in [-0.4, -0.2) is 80.5 Å². The van der Waals surface area contributed by atoms with Crippen LogP contribution in [0.3, 0.4) is 0 Å². The molecule has 4 heterocycles. The maximum atomic E-state index is 14.1. The number of rotatable bonds is 9. The highest BCUT2D eigenvalue weighted by Gasteiger charge is 2.48. The summed E-state index contributed by atoms with van der Waals surface area (Å²) in [7, 11) is 1.49. The number of morpholine rings is 1. The van der Waals surface area contributed by atoms with Crippen molar-refractivity contribution in [2.45, 2.75) is 18.1 Å². The number of phenolic OH excluding ortho intramolecular Hbond substituents is 1. The SMILES string of the molecule is COc1cc(-n2cc(Cl)c(N3CCO[C@H](C(O)(CNC(=O)c4ccccc4O)Cc4ccc5c(N)noc5c4)C3=O)n2)ccn1. The molecule has 232 valence electrons. The quantitative estimate of drug-likeness (QED) is 0.186. The lowest BCUT2D eigenvalue weighted by Crippen LogP contribution is -2.63. The molecule has 2 atom stereocenters. The summed E-state index contributed by atoms with van der Waals surface area (Å²) < 4.78 is 17.9. The van der Waals surface area contributed by atoms with E-state index in [-0.39, 0.29) is 47.5 Å². The van der Waals surface area contributed by atoms with E-state index < -0.39 is 30.1 Å². The number of ether oxygens (including phenoxy) is 2. The minimum Gasteiger partial charge on any atom is -0.507 e. The monoisotopic (exact) mass is 633 g/mol. The van der Waals surface area contributed by atoms with Crippen LogP contribution in [0.5, 0.6) is 11.6 Å². The molecule has 6 rings (SSSR count). The molecular formula is C30H28ClN7O7. The lowest BCUT2D eigenvalue weighted by Gasteiger charge is -2.40. The number of pyridine rings is 1. The van der Waals surface area contributed by atoms with E-state index in [1.807, 2.05) is 0 Å². The first-order valence-corrected chi connectivity index (χ1v) is 14.2. The molecule has 1 saturated heterocycles. The van der Waals surface area contributed by atoms with E-state index >= 15 is 0 Å². The second kappa shape index (κ2) is 12.1. The first kappa shape index (κ1) is 29.9. The van der Waals surface area contributed by atoms with Gasteiger partial charge in [0.2, 0.25) is 5.88 Å². The molecule has 0 bridgehead atoms. The summed E-state index contributed by atoms with van der Waals surface area (Å²) in [5.74, 6) is -0.773. The summed E-state index contributed by atoms with van der Waals surface area (Å²) >= 11 is 6.57. The van der Waals surface area contributed by atoms with Crippen LogP contribution in [0.15, 0.2) is 71.5 Å². The van der Waals surface area contributed by atoms with Crippen LogP contribution in [0.2, 0.25) is 5.02 Å². The Balaban J connectivity index is 1.31. The van der Waals surface area contributed by atoms with E-state index in [0.717, 1.165) is 0 Å². The Kier molecular flexibility index (Phi) is 8.01. The second-order valence-corrected chi connectivity index (χ2v) is 10.8. The average molecular weight is 634 g/mol. The molecule has 2 aromatic carbocycles. The van der Waals surface area contributed by atoms with Gasteiger partial charge in [0.15, 0.2) is 23.3 Å². The molecule has 3 aromatic heterocycles. The molecule has 5 N–H and O–H groups in total. The number of halogens is 1. The largest absolute Gasteiger partial charge is 0.507 e. The van der Waals surface area contributed by atoms with Crippen LogP contribution in [0.1, 0.15) is 15.9 Å². The fraction of sp³-hybridized carbons (Fsp3) is 0.233. The van der Waals surface area contributed by atoms with Crippen molar-refractivity contribution in [3.05, 3.63) is 83.1 Å². The van der Waals surface area contributed by atoms with Crippen molar-refractivity contribution >= 4 is 46.0 Å². The number of methoxy groups -OCH3 is 1. The van der Waals surface area contributed by atoms with Crippen molar-refractivity contribution in [2.24, 2.45) is 0 Å². The first-order valence-electron chi connectivity index (χ1n) is 13.8. The van der Waals surface area contributed by atoms with Crippen LogP contribution >= 0.6 is 11.6 Å². The van der Waals surface area contributed by atoms with E-state index in [1.165, 1.54) is 28.8 Å². The van der Waals surface area contributed by atoms with Crippen molar-refractivity contribution in [2.75, 3.05) is 37.4 Å². The summed E-state index contributed by atoms with van der Waals surface area (Å²) in [6.45, 7) is -0.272. The number of aromatic hydroxyl groups is 1. The number of phenols is 1. The normalized spacial score (nSPS) is 16.5. The van der Waals surface area contributed by atoms with Crippen molar-refractivity contribution < 1.29 is 33.8 Å². The fourth-order valence-electron chi connectivity index (χ4n) is 5.20. The molecule has 1 aliphatic heterocycles. The Morgan fingerprint density at radius 2 is 2.07 bits per heavy atom. The molecule has 15 heteroatoms. The summed E-state index contributed by atoms with van der Waals surface area (Å²) in [6, 6.07) is 14.4. The number of fused-ring (bicyclic) bond motifs is 1. The van der Waals surface area contributed by atoms with Crippen LogP contribution in [0, 0.1) is 0 Å². The number of anilines is 2. The highest BCUT2D eigenvalue weighted by atomic mass is 35.5. The molecule has 45 heavy (non-hydrogen) atoms. The van der Waals surface area contributed by atoms with Gasteiger partial charge in [-0.2, -0.15) is 0 Å². The smallest absolute Gasteiger partial charge is 0.260 e. The lowest BCUT2D eigenvalue weighted by atomic mass is 9.86. The number of nitrogens with two attached hydrogens (primary N) is 1. The summed E-state index contributed by atoms with van der Waals surface area (Å²) in [5, 5.41) is 34.1. The maximum Gasteiger partial charge on any atom is 0.260 e. The molecule has 5 aromatic rings. The second-order valence-electron chi connectivity index (χ2n) is 10.4. The van der Waals surface area contributed by atoms with Crippen LogP contribution < -0.4 is 20.7 Å². The van der Waals surface area contributed by atoms with Crippen LogP contribution in [0.25, 0.3) is 16.7 Å². The highest BCUT2D eigenvalue weighted by Crippen LogP contribution is 2.32. The van der Waals surface area contributed by atoms with Gasteiger partial charge in [0, 0.05) is 18.7 Å². The van der Waals surface area contributed by atoms with Gasteiger partial charge < -0.3 is 35.3 Å². The molecule has 0 radical (unpaired) electrons. The Bertz CT molecular complexity index is 1890. The standard InChI is InChI=1S/C30H28ClN7O7/c1-43-24-13-18(8-9-33-24)38-15-21(31)27(35-38)37-10-11-44-25(29(37)41)30(42,16-34-28(40)19-4-2-3-5-22(19)39)14-17-6-7-20-23(12-17)45-36-26(20)32/h2-9,12-13,15,25,39,42H,10-11,14,16H2,1H3,(H2,32,36)(H,34,40)/t25-,30?/m0/s1. The number of benzene rings is 2.